The number of methoxy groups -OCH3 is 1. The van der Waals surface area contributed by atoms with Crippen LogP contribution in [-0.4, -0.2) is 66.9 Å². The molecule has 0 radical (unpaired) electrons. The summed E-state index contributed by atoms with van der Waals surface area (Å²) in [6.45, 7) is 9.45. The van der Waals surface area contributed by atoms with Gasteiger partial charge in [0, 0.05) is 19.1 Å². The molecule has 29 heavy (non-hydrogen) atoms. The van der Waals surface area contributed by atoms with Crippen molar-refractivity contribution in [2.45, 2.75) is 38.9 Å². The standard InChI is InChI=1S/C20H30N6O3/c1-3-4-17(20-21-22-23-26(20)11-12-27-2)25-9-7-24(8-10-25)14-16-5-6-18-19(13-16)29-15-28-18/h5-6,13,17H,3-4,7-12,14-15H2,1-2H3/p+2/t17-/m1/s1. The molecule has 0 spiro atoms. The lowest BCUT2D eigenvalue weighted by atomic mass is 10.1. The van der Waals surface area contributed by atoms with Crippen molar-refractivity contribution in [1.82, 2.24) is 20.2 Å². The van der Waals surface area contributed by atoms with Crippen LogP contribution in [0, 0.1) is 0 Å². The zero-order valence-corrected chi connectivity index (χ0v) is 17.4. The van der Waals surface area contributed by atoms with Gasteiger partial charge in [-0.15, -0.1) is 5.10 Å². The molecular formula is C20H32N6O3+2. The first-order chi connectivity index (χ1) is 14.3. The molecule has 1 atom stereocenters. The van der Waals surface area contributed by atoms with Gasteiger partial charge >= 0.3 is 0 Å². The second-order valence-electron chi connectivity index (χ2n) is 7.87. The number of piperazine rings is 1. The van der Waals surface area contributed by atoms with E-state index in [4.69, 9.17) is 14.2 Å². The minimum atomic E-state index is 0.330. The molecule has 0 amide bonds. The zero-order chi connectivity index (χ0) is 20.1. The molecule has 0 aliphatic carbocycles. The Morgan fingerprint density at radius 2 is 2.00 bits per heavy atom. The summed E-state index contributed by atoms with van der Waals surface area (Å²) < 4.78 is 18.1. The third-order valence-corrected chi connectivity index (χ3v) is 5.94. The van der Waals surface area contributed by atoms with Gasteiger partial charge in [0.05, 0.1) is 13.2 Å². The van der Waals surface area contributed by atoms with Crippen LogP contribution in [0.25, 0.3) is 0 Å². The van der Waals surface area contributed by atoms with Crippen LogP contribution in [0.2, 0.25) is 0 Å². The molecule has 2 N–H and O–H groups in total. The van der Waals surface area contributed by atoms with Crippen molar-refractivity contribution in [2.24, 2.45) is 0 Å². The number of ether oxygens (including phenoxy) is 3. The molecule has 0 saturated carbocycles. The van der Waals surface area contributed by atoms with Crippen LogP contribution in [-0.2, 0) is 17.8 Å². The van der Waals surface area contributed by atoms with Crippen molar-refractivity contribution >= 4 is 0 Å². The third kappa shape index (κ3) is 4.68. The summed E-state index contributed by atoms with van der Waals surface area (Å²) >= 11 is 0. The average Bonchev–Trinajstić information content (AvgIpc) is 3.40. The highest BCUT2D eigenvalue weighted by Gasteiger charge is 2.33. The maximum atomic E-state index is 5.52. The van der Waals surface area contributed by atoms with Gasteiger partial charge in [-0.1, -0.05) is 13.3 Å². The molecular weight excluding hydrogens is 372 g/mol. The summed E-state index contributed by atoms with van der Waals surface area (Å²) in [5, 5.41) is 12.5. The fraction of sp³-hybridized carbons (Fsp3) is 0.650. The monoisotopic (exact) mass is 404 g/mol. The van der Waals surface area contributed by atoms with Crippen LogP contribution in [0.5, 0.6) is 11.5 Å². The highest BCUT2D eigenvalue weighted by molar-refractivity contribution is 5.44. The van der Waals surface area contributed by atoms with Gasteiger partial charge in [-0.2, -0.15) is 0 Å². The van der Waals surface area contributed by atoms with Crippen molar-refractivity contribution in [3.63, 3.8) is 0 Å². The van der Waals surface area contributed by atoms with Gasteiger partial charge in [0.15, 0.2) is 11.5 Å². The minimum Gasteiger partial charge on any atom is -0.454 e. The molecule has 0 bridgehead atoms. The smallest absolute Gasteiger partial charge is 0.231 e. The Labute approximate surface area is 171 Å². The van der Waals surface area contributed by atoms with E-state index < -0.39 is 0 Å². The number of fused-ring (bicyclic) bond motifs is 1. The predicted molar refractivity (Wildman–Crippen MR) is 105 cm³/mol. The average molecular weight is 405 g/mol. The second kappa shape index (κ2) is 9.51. The number of nitrogens with zero attached hydrogens (tertiary/aromatic N) is 4. The molecule has 2 aliphatic heterocycles. The van der Waals surface area contributed by atoms with Crippen LogP contribution >= 0.6 is 0 Å². The first-order valence-corrected chi connectivity index (χ1v) is 10.6. The number of hydrogen-bond acceptors (Lipinski definition) is 6. The summed E-state index contributed by atoms with van der Waals surface area (Å²) in [6.07, 6.45) is 2.22. The Kier molecular flexibility index (Phi) is 6.58. The molecule has 1 saturated heterocycles. The molecule has 1 fully saturated rings. The highest BCUT2D eigenvalue weighted by atomic mass is 16.7. The van der Waals surface area contributed by atoms with Crippen molar-refractivity contribution in [1.29, 1.82) is 0 Å². The lowest BCUT2D eigenvalue weighted by molar-refractivity contribution is -1.03. The van der Waals surface area contributed by atoms with E-state index in [9.17, 15) is 0 Å². The van der Waals surface area contributed by atoms with Crippen molar-refractivity contribution in [3.05, 3.63) is 29.6 Å². The SMILES string of the molecule is CCC[C@H](c1nnnn1CCOC)[NH+]1CC[NH+](Cc2ccc3c(c2)OCO3)CC1. The van der Waals surface area contributed by atoms with E-state index >= 15 is 0 Å². The van der Waals surface area contributed by atoms with E-state index in [1.54, 1.807) is 16.9 Å². The summed E-state index contributed by atoms with van der Waals surface area (Å²) in [7, 11) is 1.71. The van der Waals surface area contributed by atoms with Crippen LogP contribution in [0.4, 0.5) is 0 Å². The van der Waals surface area contributed by atoms with Crippen molar-refractivity contribution < 1.29 is 24.0 Å². The summed E-state index contributed by atoms with van der Waals surface area (Å²) in [5.74, 6) is 2.72. The molecule has 1 aromatic carbocycles. The van der Waals surface area contributed by atoms with E-state index in [0.29, 0.717) is 26.0 Å². The normalized spacial score (nSPS) is 22.0. The number of hydrogen-bond donors (Lipinski definition) is 2. The highest BCUT2D eigenvalue weighted by Crippen LogP contribution is 2.32. The fourth-order valence-electron chi connectivity index (χ4n) is 4.39. The van der Waals surface area contributed by atoms with E-state index in [-0.39, 0.29) is 0 Å². The van der Waals surface area contributed by atoms with E-state index in [1.165, 1.54) is 5.56 Å². The van der Waals surface area contributed by atoms with Crippen molar-refractivity contribution in [3.8, 4) is 11.5 Å². The summed E-state index contributed by atoms with van der Waals surface area (Å²) in [6, 6.07) is 6.65. The Hall–Kier alpha value is -2.23. The molecule has 0 unspecified atom stereocenters. The number of nitrogens with one attached hydrogen (secondary N) is 2. The molecule has 4 rings (SSSR count). The van der Waals surface area contributed by atoms with Crippen LogP contribution in [0.15, 0.2) is 18.2 Å². The Bertz CT molecular complexity index is 790. The second-order valence-corrected chi connectivity index (χ2v) is 7.87. The molecule has 158 valence electrons. The number of aromatic nitrogens is 4. The van der Waals surface area contributed by atoms with E-state index in [1.807, 2.05) is 10.7 Å². The molecule has 2 aromatic rings. The third-order valence-electron chi connectivity index (χ3n) is 5.94. The van der Waals surface area contributed by atoms with Gasteiger partial charge in [-0.05, 0) is 28.6 Å². The molecule has 3 heterocycles. The Morgan fingerprint density at radius 3 is 2.79 bits per heavy atom. The van der Waals surface area contributed by atoms with E-state index in [2.05, 4.69) is 34.6 Å². The van der Waals surface area contributed by atoms with Crippen molar-refractivity contribution in [2.75, 3.05) is 46.7 Å². The number of benzene rings is 1. The Balaban J connectivity index is 1.36. The lowest BCUT2D eigenvalue weighted by Gasteiger charge is -2.34. The maximum absolute atomic E-state index is 5.52. The Morgan fingerprint density at radius 1 is 1.17 bits per heavy atom. The maximum Gasteiger partial charge on any atom is 0.231 e. The summed E-state index contributed by atoms with van der Waals surface area (Å²) in [5.41, 5.74) is 1.31. The zero-order valence-electron chi connectivity index (χ0n) is 17.4. The first-order valence-electron chi connectivity index (χ1n) is 10.6. The number of tetrazole rings is 1. The van der Waals surface area contributed by atoms with Gasteiger partial charge in [-0.3, -0.25) is 0 Å². The summed E-state index contributed by atoms with van der Waals surface area (Å²) in [4.78, 5) is 3.21. The lowest BCUT2D eigenvalue weighted by Crippen LogP contribution is -3.27. The quantitative estimate of drug-likeness (QED) is 0.551. The van der Waals surface area contributed by atoms with Crippen LogP contribution < -0.4 is 19.3 Å². The molecule has 2 aliphatic rings. The largest absolute Gasteiger partial charge is 0.454 e. The molecule has 9 nitrogen and oxygen atoms in total. The van der Waals surface area contributed by atoms with Gasteiger partial charge in [0.1, 0.15) is 38.8 Å². The fourth-order valence-corrected chi connectivity index (χ4v) is 4.39. The molecule has 1 aromatic heterocycles. The first kappa shape index (κ1) is 20.1. The van der Waals surface area contributed by atoms with Gasteiger partial charge in [0.25, 0.3) is 0 Å². The molecule has 9 heteroatoms. The van der Waals surface area contributed by atoms with Gasteiger partial charge < -0.3 is 24.0 Å². The number of quaternary nitrogens is 2. The number of rotatable bonds is 9. The predicted octanol–water partition coefficient (Wildman–Crippen LogP) is -1.13. The van der Waals surface area contributed by atoms with Gasteiger partial charge in [0.2, 0.25) is 12.6 Å². The topological polar surface area (TPSA) is 80.2 Å². The van der Waals surface area contributed by atoms with E-state index in [0.717, 1.165) is 62.9 Å². The van der Waals surface area contributed by atoms with Crippen LogP contribution in [0.3, 0.4) is 0 Å². The van der Waals surface area contributed by atoms with Gasteiger partial charge in [-0.25, -0.2) is 4.68 Å². The minimum absolute atomic E-state index is 0.330. The van der Waals surface area contributed by atoms with Crippen LogP contribution in [0.1, 0.15) is 37.2 Å².